The molecular formula is C14H19NO2. The van der Waals surface area contributed by atoms with Crippen molar-refractivity contribution in [3.05, 3.63) is 35.9 Å². The molecule has 0 amide bonds. The number of carboxylic acid groups (broad SMARTS) is 1. The molecule has 1 aliphatic carbocycles. The maximum atomic E-state index is 11.2. The number of aliphatic carboxylic acids is 1. The number of hydrogen-bond donors (Lipinski definition) is 2. The summed E-state index contributed by atoms with van der Waals surface area (Å²) in [6, 6.07) is 8.77. The predicted molar refractivity (Wildman–Crippen MR) is 66.7 cm³/mol. The molecule has 1 fully saturated rings. The van der Waals surface area contributed by atoms with Gasteiger partial charge >= 0.3 is 5.97 Å². The van der Waals surface area contributed by atoms with E-state index in [9.17, 15) is 9.90 Å². The van der Waals surface area contributed by atoms with Crippen LogP contribution >= 0.6 is 0 Å². The van der Waals surface area contributed by atoms with E-state index in [-0.39, 0.29) is 0 Å². The van der Waals surface area contributed by atoms with Crippen LogP contribution in [0.4, 0.5) is 0 Å². The van der Waals surface area contributed by atoms with Gasteiger partial charge in [0.2, 0.25) is 0 Å². The molecule has 1 aromatic carbocycles. The van der Waals surface area contributed by atoms with Gasteiger partial charge < -0.3 is 10.4 Å². The largest absolute Gasteiger partial charge is 0.480 e. The first kappa shape index (κ1) is 12.1. The molecule has 3 nitrogen and oxygen atoms in total. The Labute approximate surface area is 102 Å². The molecule has 1 aromatic rings. The molecule has 2 rings (SSSR count). The van der Waals surface area contributed by atoms with Gasteiger partial charge in [0.25, 0.3) is 0 Å². The molecule has 0 radical (unpaired) electrons. The molecule has 0 spiro atoms. The highest BCUT2D eigenvalue weighted by atomic mass is 16.4. The van der Waals surface area contributed by atoms with Gasteiger partial charge in [-0.3, -0.25) is 4.79 Å². The topological polar surface area (TPSA) is 49.3 Å². The lowest BCUT2D eigenvalue weighted by Gasteiger charge is -2.18. The smallest absolute Gasteiger partial charge is 0.325 e. The summed E-state index contributed by atoms with van der Waals surface area (Å²) in [4.78, 5) is 11.2. The number of hydrogen-bond acceptors (Lipinski definition) is 2. The molecule has 1 aliphatic rings. The standard InChI is InChI=1S/C14H19NO2/c1-10(11-7-8-11)9-15-13(14(16)17)12-5-3-2-4-6-12/h2-6,10-11,13,15H,7-9H2,1H3,(H,16,17). The van der Waals surface area contributed by atoms with E-state index in [1.807, 2.05) is 30.3 Å². The summed E-state index contributed by atoms with van der Waals surface area (Å²) in [5.41, 5.74) is 0.822. The van der Waals surface area contributed by atoms with Gasteiger partial charge in [-0.1, -0.05) is 37.3 Å². The monoisotopic (exact) mass is 233 g/mol. The number of benzene rings is 1. The van der Waals surface area contributed by atoms with Gasteiger partial charge in [0.05, 0.1) is 0 Å². The zero-order chi connectivity index (χ0) is 12.3. The van der Waals surface area contributed by atoms with E-state index >= 15 is 0 Å². The molecule has 17 heavy (non-hydrogen) atoms. The summed E-state index contributed by atoms with van der Waals surface area (Å²) in [6.45, 7) is 2.96. The van der Waals surface area contributed by atoms with E-state index in [1.54, 1.807) is 0 Å². The first-order chi connectivity index (χ1) is 8.18. The van der Waals surface area contributed by atoms with Crippen molar-refractivity contribution in [1.82, 2.24) is 5.32 Å². The van der Waals surface area contributed by atoms with Gasteiger partial charge in [-0.15, -0.1) is 0 Å². The van der Waals surface area contributed by atoms with Crippen LogP contribution in [0.15, 0.2) is 30.3 Å². The third kappa shape index (κ3) is 3.30. The van der Waals surface area contributed by atoms with Crippen LogP contribution in [0.5, 0.6) is 0 Å². The van der Waals surface area contributed by atoms with Crippen LogP contribution in [-0.4, -0.2) is 17.6 Å². The lowest BCUT2D eigenvalue weighted by molar-refractivity contribution is -0.139. The third-order valence-electron chi connectivity index (χ3n) is 3.45. The van der Waals surface area contributed by atoms with Crippen LogP contribution in [0.2, 0.25) is 0 Å². The third-order valence-corrected chi connectivity index (χ3v) is 3.45. The molecule has 0 saturated heterocycles. The number of carboxylic acids is 1. The van der Waals surface area contributed by atoms with E-state index in [0.717, 1.165) is 18.0 Å². The zero-order valence-electron chi connectivity index (χ0n) is 10.1. The van der Waals surface area contributed by atoms with Gasteiger partial charge in [0.1, 0.15) is 6.04 Å². The van der Waals surface area contributed by atoms with E-state index < -0.39 is 12.0 Å². The van der Waals surface area contributed by atoms with Gasteiger partial charge in [0, 0.05) is 0 Å². The molecule has 2 unspecified atom stereocenters. The van der Waals surface area contributed by atoms with Crippen molar-refractivity contribution >= 4 is 5.97 Å². The molecular weight excluding hydrogens is 214 g/mol. The Morgan fingerprint density at radius 1 is 1.41 bits per heavy atom. The minimum atomic E-state index is -0.806. The van der Waals surface area contributed by atoms with E-state index in [0.29, 0.717) is 5.92 Å². The van der Waals surface area contributed by atoms with Gasteiger partial charge in [-0.25, -0.2) is 0 Å². The molecule has 0 aliphatic heterocycles. The highest BCUT2D eigenvalue weighted by Crippen LogP contribution is 2.36. The van der Waals surface area contributed by atoms with Crippen molar-refractivity contribution in [3.8, 4) is 0 Å². The fourth-order valence-corrected chi connectivity index (χ4v) is 2.13. The van der Waals surface area contributed by atoms with Crippen molar-refractivity contribution in [2.45, 2.75) is 25.8 Å². The second-order valence-corrected chi connectivity index (χ2v) is 4.90. The van der Waals surface area contributed by atoms with Crippen LogP contribution in [0.3, 0.4) is 0 Å². The van der Waals surface area contributed by atoms with E-state index in [2.05, 4.69) is 12.2 Å². The highest BCUT2D eigenvalue weighted by molar-refractivity contribution is 5.75. The maximum absolute atomic E-state index is 11.2. The fraction of sp³-hybridized carbons (Fsp3) is 0.500. The first-order valence-electron chi connectivity index (χ1n) is 6.19. The molecule has 3 heteroatoms. The lowest BCUT2D eigenvalue weighted by atomic mass is 10.0. The maximum Gasteiger partial charge on any atom is 0.325 e. The second kappa shape index (κ2) is 5.32. The number of carbonyl (C=O) groups is 1. The van der Waals surface area contributed by atoms with Gasteiger partial charge in [0.15, 0.2) is 0 Å². The Hall–Kier alpha value is -1.35. The summed E-state index contributed by atoms with van der Waals surface area (Å²) in [7, 11) is 0. The van der Waals surface area contributed by atoms with Gasteiger partial charge in [-0.05, 0) is 36.8 Å². The Bertz CT molecular complexity index is 373. The molecule has 92 valence electrons. The Kier molecular flexibility index (Phi) is 3.79. The van der Waals surface area contributed by atoms with Crippen LogP contribution in [0.1, 0.15) is 31.4 Å². The van der Waals surface area contributed by atoms with Crippen molar-refractivity contribution in [1.29, 1.82) is 0 Å². The van der Waals surface area contributed by atoms with Crippen LogP contribution < -0.4 is 5.32 Å². The van der Waals surface area contributed by atoms with E-state index in [1.165, 1.54) is 12.8 Å². The number of nitrogens with one attached hydrogen (secondary N) is 1. The van der Waals surface area contributed by atoms with Gasteiger partial charge in [-0.2, -0.15) is 0 Å². The molecule has 1 saturated carbocycles. The minimum absolute atomic E-state index is 0.570. The van der Waals surface area contributed by atoms with Crippen molar-refractivity contribution in [2.24, 2.45) is 11.8 Å². The summed E-state index contributed by atoms with van der Waals surface area (Å²) in [5.74, 6) is 0.562. The zero-order valence-corrected chi connectivity index (χ0v) is 10.1. The minimum Gasteiger partial charge on any atom is -0.480 e. The van der Waals surface area contributed by atoms with Crippen LogP contribution in [0.25, 0.3) is 0 Å². The summed E-state index contributed by atoms with van der Waals surface area (Å²) < 4.78 is 0. The molecule has 0 heterocycles. The second-order valence-electron chi connectivity index (χ2n) is 4.90. The fourth-order valence-electron chi connectivity index (χ4n) is 2.13. The first-order valence-corrected chi connectivity index (χ1v) is 6.19. The van der Waals surface area contributed by atoms with Crippen molar-refractivity contribution in [3.63, 3.8) is 0 Å². The average Bonchev–Trinajstić information content (AvgIpc) is 3.14. The molecule has 2 atom stereocenters. The summed E-state index contributed by atoms with van der Waals surface area (Å²) in [6.07, 6.45) is 2.60. The molecule has 0 bridgehead atoms. The lowest BCUT2D eigenvalue weighted by Crippen LogP contribution is -2.32. The Balaban J connectivity index is 1.95. The highest BCUT2D eigenvalue weighted by Gasteiger charge is 2.29. The van der Waals surface area contributed by atoms with Crippen LogP contribution in [-0.2, 0) is 4.79 Å². The predicted octanol–water partition coefficient (Wildman–Crippen LogP) is 2.45. The average molecular weight is 233 g/mol. The summed E-state index contributed by atoms with van der Waals surface area (Å²) in [5, 5.41) is 12.4. The Morgan fingerprint density at radius 3 is 2.59 bits per heavy atom. The van der Waals surface area contributed by atoms with Crippen LogP contribution in [0, 0.1) is 11.8 Å². The van der Waals surface area contributed by atoms with E-state index in [4.69, 9.17) is 0 Å². The quantitative estimate of drug-likeness (QED) is 0.793. The molecule has 2 N–H and O–H groups in total. The Morgan fingerprint density at radius 2 is 2.06 bits per heavy atom. The normalized spacial score (nSPS) is 18.6. The van der Waals surface area contributed by atoms with Crippen molar-refractivity contribution < 1.29 is 9.90 Å². The van der Waals surface area contributed by atoms with Crippen molar-refractivity contribution in [2.75, 3.05) is 6.54 Å². The number of rotatable bonds is 6. The summed E-state index contributed by atoms with van der Waals surface area (Å²) >= 11 is 0. The molecule has 0 aromatic heterocycles. The SMILES string of the molecule is CC(CNC(C(=O)O)c1ccccc1)C1CC1.